The quantitative estimate of drug-likeness (QED) is 0.846. The van der Waals surface area contributed by atoms with Gasteiger partial charge < -0.3 is 5.32 Å². The fourth-order valence-electron chi connectivity index (χ4n) is 3.12. The van der Waals surface area contributed by atoms with E-state index in [-0.39, 0.29) is 35.2 Å². The highest BCUT2D eigenvalue weighted by Gasteiger charge is 2.62. The molecule has 2 fully saturated rings. The lowest BCUT2D eigenvalue weighted by Gasteiger charge is -2.09. The van der Waals surface area contributed by atoms with Crippen LogP contribution >= 0.6 is 0 Å². The van der Waals surface area contributed by atoms with Crippen LogP contribution in [0.15, 0.2) is 30.9 Å². The fraction of sp³-hybridized carbons (Fsp3) is 0.385. The van der Waals surface area contributed by atoms with Gasteiger partial charge in [-0.1, -0.05) is 0 Å². The first kappa shape index (κ1) is 13.4. The van der Waals surface area contributed by atoms with E-state index in [2.05, 4.69) is 20.4 Å². The van der Waals surface area contributed by atoms with Gasteiger partial charge in [0.15, 0.2) is 21.5 Å². The van der Waals surface area contributed by atoms with Gasteiger partial charge in [-0.2, -0.15) is 5.10 Å². The summed E-state index contributed by atoms with van der Waals surface area (Å²) in [4.78, 5) is 20.6. The molecule has 0 bridgehead atoms. The molecule has 2 aromatic heterocycles. The zero-order valence-electron chi connectivity index (χ0n) is 11.5. The van der Waals surface area contributed by atoms with Crippen LogP contribution in [0.1, 0.15) is 0 Å². The van der Waals surface area contributed by atoms with Crippen molar-refractivity contribution in [1.82, 2.24) is 19.7 Å². The van der Waals surface area contributed by atoms with Crippen molar-refractivity contribution in [3.8, 4) is 5.82 Å². The Hall–Kier alpha value is -2.29. The molecule has 2 aromatic rings. The third-order valence-corrected chi connectivity index (χ3v) is 5.95. The lowest BCUT2D eigenvalue weighted by Crippen LogP contribution is -2.22. The Morgan fingerprint density at radius 2 is 1.91 bits per heavy atom. The van der Waals surface area contributed by atoms with Gasteiger partial charge in [0, 0.05) is 30.7 Å². The number of carbonyl (C=O) groups excluding carboxylic acids is 1. The maximum Gasteiger partial charge on any atom is 0.229 e. The standard InChI is InChI=1S/C13H13N5O3S/c19-13(10-8-6-22(20,21)7-9(8)10)17-11-12(15-4-3-14-11)18-5-1-2-16-18/h1-5,8-10H,6-7H2,(H,14,17,19). The molecule has 1 N–H and O–H groups in total. The molecule has 1 saturated heterocycles. The van der Waals surface area contributed by atoms with Gasteiger partial charge in [0.05, 0.1) is 11.5 Å². The van der Waals surface area contributed by atoms with Crippen molar-refractivity contribution in [2.24, 2.45) is 17.8 Å². The minimum atomic E-state index is -2.95. The van der Waals surface area contributed by atoms with Gasteiger partial charge in [-0.25, -0.2) is 23.1 Å². The molecule has 1 saturated carbocycles. The third kappa shape index (κ3) is 2.17. The molecule has 1 amide bonds. The first-order chi connectivity index (χ1) is 10.6. The van der Waals surface area contributed by atoms with Crippen molar-refractivity contribution in [1.29, 1.82) is 0 Å². The monoisotopic (exact) mass is 319 g/mol. The van der Waals surface area contributed by atoms with Crippen LogP contribution in [0.4, 0.5) is 5.82 Å². The van der Waals surface area contributed by atoms with Gasteiger partial charge in [-0.15, -0.1) is 0 Å². The molecular weight excluding hydrogens is 306 g/mol. The summed E-state index contributed by atoms with van der Waals surface area (Å²) >= 11 is 0. The molecule has 0 radical (unpaired) electrons. The summed E-state index contributed by atoms with van der Waals surface area (Å²) in [5.41, 5.74) is 0. The number of hydrogen-bond acceptors (Lipinski definition) is 6. The number of amides is 1. The summed E-state index contributed by atoms with van der Waals surface area (Å²) in [6.07, 6.45) is 6.32. The van der Waals surface area contributed by atoms with Gasteiger partial charge in [0.1, 0.15) is 0 Å². The molecule has 114 valence electrons. The Bertz CT molecular complexity index is 815. The van der Waals surface area contributed by atoms with Crippen LogP contribution < -0.4 is 5.32 Å². The van der Waals surface area contributed by atoms with Crippen molar-refractivity contribution in [3.63, 3.8) is 0 Å². The molecule has 2 unspecified atom stereocenters. The van der Waals surface area contributed by atoms with E-state index in [1.807, 2.05) is 0 Å². The van der Waals surface area contributed by atoms with E-state index in [0.717, 1.165) is 0 Å². The van der Waals surface area contributed by atoms with Crippen LogP contribution in [0.5, 0.6) is 0 Å². The molecule has 3 heterocycles. The van der Waals surface area contributed by atoms with Crippen molar-refractivity contribution in [3.05, 3.63) is 30.9 Å². The van der Waals surface area contributed by atoms with Crippen LogP contribution in [0.2, 0.25) is 0 Å². The number of hydrogen-bond donors (Lipinski definition) is 1. The number of sulfone groups is 1. The van der Waals surface area contributed by atoms with E-state index in [1.54, 1.807) is 18.5 Å². The molecule has 2 aliphatic rings. The highest BCUT2D eigenvalue weighted by atomic mass is 32.2. The Morgan fingerprint density at radius 3 is 2.59 bits per heavy atom. The zero-order valence-corrected chi connectivity index (χ0v) is 12.3. The summed E-state index contributed by atoms with van der Waals surface area (Å²) in [7, 11) is -2.95. The molecule has 2 atom stereocenters. The van der Waals surface area contributed by atoms with Gasteiger partial charge >= 0.3 is 0 Å². The summed E-state index contributed by atoms with van der Waals surface area (Å²) in [5, 5.41) is 6.82. The van der Waals surface area contributed by atoms with Crippen molar-refractivity contribution in [2.75, 3.05) is 16.8 Å². The smallest absolute Gasteiger partial charge is 0.229 e. The van der Waals surface area contributed by atoms with E-state index in [0.29, 0.717) is 11.6 Å². The van der Waals surface area contributed by atoms with Crippen LogP contribution in [0.25, 0.3) is 5.82 Å². The van der Waals surface area contributed by atoms with Gasteiger partial charge in [-0.05, 0) is 17.9 Å². The molecular formula is C13H13N5O3S. The number of aromatic nitrogens is 4. The Kier molecular flexibility index (Phi) is 2.80. The topological polar surface area (TPSA) is 107 Å². The maximum absolute atomic E-state index is 12.3. The summed E-state index contributed by atoms with van der Waals surface area (Å²) < 4.78 is 24.4. The summed E-state index contributed by atoms with van der Waals surface area (Å²) in [6, 6.07) is 1.75. The average molecular weight is 319 g/mol. The van der Waals surface area contributed by atoms with E-state index >= 15 is 0 Å². The largest absolute Gasteiger partial charge is 0.307 e. The lowest BCUT2D eigenvalue weighted by molar-refractivity contribution is -0.117. The van der Waals surface area contributed by atoms with Crippen molar-refractivity contribution < 1.29 is 13.2 Å². The maximum atomic E-state index is 12.3. The van der Waals surface area contributed by atoms with Crippen LogP contribution in [0, 0.1) is 17.8 Å². The molecule has 8 nitrogen and oxygen atoms in total. The van der Waals surface area contributed by atoms with Crippen LogP contribution in [0.3, 0.4) is 0 Å². The lowest BCUT2D eigenvalue weighted by atomic mass is 10.3. The Balaban J connectivity index is 1.53. The minimum absolute atomic E-state index is 0.0465. The number of nitrogens with zero attached hydrogens (tertiary/aromatic N) is 4. The van der Waals surface area contributed by atoms with Gasteiger partial charge in [0.2, 0.25) is 5.91 Å². The molecule has 1 aliphatic heterocycles. The number of anilines is 1. The number of rotatable bonds is 3. The zero-order chi connectivity index (χ0) is 15.3. The molecule has 1 aliphatic carbocycles. The van der Waals surface area contributed by atoms with E-state index in [9.17, 15) is 13.2 Å². The normalized spacial score (nSPS) is 28.1. The Morgan fingerprint density at radius 1 is 1.18 bits per heavy atom. The second kappa shape index (κ2) is 4.60. The van der Waals surface area contributed by atoms with Crippen LogP contribution in [-0.2, 0) is 14.6 Å². The van der Waals surface area contributed by atoms with Crippen molar-refractivity contribution in [2.45, 2.75) is 0 Å². The minimum Gasteiger partial charge on any atom is -0.307 e. The van der Waals surface area contributed by atoms with Gasteiger partial charge in [0.25, 0.3) is 0 Å². The molecule has 0 spiro atoms. The van der Waals surface area contributed by atoms with E-state index in [4.69, 9.17) is 0 Å². The number of fused-ring (bicyclic) bond motifs is 1. The third-order valence-electron chi connectivity index (χ3n) is 4.17. The average Bonchev–Trinajstić information content (AvgIpc) is 2.86. The Labute approximate surface area is 126 Å². The fourth-order valence-corrected chi connectivity index (χ4v) is 5.34. The molecule has 0 aromatic carbocycles. The summed E-state index contributed by atoms with van der Waals surface area (Å²) in [5.74, 6) is 0.451. The van der Waals surface area contributed by atoms with E-state index in [1.165, 1.54) is 17.1 Å². The first-order valence-electron chi connectivity index (χ1n) is 6.87. The predicted molar refractivity (Wildman–Crippen MR) is 76.9 cm³/mol. The molecule has 4 rings (SSSR count). The van der Waals surface area contributed by atoms with Crippen LogP contribution in [-0.4, -0.2) is 45.6 Å². The number of nitrogens with one attached hydrogen (secondary N) is 1. The van der Waals surface area contributed by atoms with E-state index < -0.39 is 9.84 Å². The predicted octanol–water partition coefficient (Wildman–Crippen LogP) is -0.109. The highest BCUT2D eigenvalue weighted by molar-refractivity contribution is 7.91. The second-order valence-electron chi connectivity index (χ2n) is 5.60. The molecule has 22 heavy (non-hydrogen) atoms. The number of carbonyl (C=O) groups is 1. The highest BCUT2D eigenvalue weighted by Crippen LogP contribution is 2.53. The molecule has 9 heteroatoms. The van der Waals surface area contributed by atoms with Crippen molar-refractivity contribution >= 4 is 21.6 Å². The summed E-state index contributed by atoms with van der Waals surface area (Å²) in [6.45, 7) is 0. The SMILES string of the molecule is O=C(Nc1nccnc1-n1cccn1)C1C2CS(=O)(=O)CC21. The second-order valence-corrected chi connectivity index (χ2v) is 7.75. The first-order valence-corrected chi connectivity index (χ1v) is 8.69. The van der Waals surface area contributed by atoms with Gasteiger partial charge in [-0.3, -0.25) is 4.79 Å².